The van der Waals surface area contributed by atoms with Gasteiger partial charge >= 0.3 is 5.97 Å². The third-order valence-electron chi connectivity index (χ3n) is 6.75. The van der Waals surface area contributed by atoms with Crippen molar-refractivity contribution in [1.29, 1.82) is 0 Å². The summed E-state index contributed by atoms with van der Waals surface area (Å²) in [6.45, 7) is 0. The summed E-state index contributed by atoms with van der Waals surface area (Å²) in [6.07, 6.45) is 0. The first-order chi connectivity index (χ1) is 20.5. The molecule has 10 heteroatoms. The maximum absolute atomic E-state index is 13.0. The molecule has 0 atom stereocenters. The molecule has 0 aliphatic heterocycles. The van der Waals surface area contributed by atoms with Crippen LogP contribution in [0.4, 0.5) is 11.4 Å². The number of hydrogen-bond donors (Lipinski definition) is 4. The van der Waals surface area contributed by atoms with E-state index in [-0.39, 0.29) is 17.4 Å². The van der Waals surface area contributed by atoms with Crippen molar-refractivity contribution in [1.82, 2.24) is 20.6 Å². The molecule has 2 amide bonds. The number of aromatic carboxylic acids is 1. The van der Waals surface area contributed by atoms with Gasteiger partial charge in [0.1, 0.15) is 0 Å². The first kappa shape index (κ1) is 26.1. The van der Waals surface area contributed by atoms with Crippen LogP contribution in [0.3, 0.4) is 0 Å². The van der Waals surface area contributed by atoms with Crippen LogP contribution in [0, 0.1) is 0 Å². The summed E-state index contributed by atoms with van der Waals surface area (Å²) >= 11 is 0. The number of carboxylic acid groups (broad SMARTS) is 1. The zero-order valence-corrected chi connectivity index (χ0v) is 21.9. The third-order valence-corrected chi connectivity index (χ3v) is 6.75. The van der Waals surface area contributed by atoms with E-state index in [4.69, 9.17) is 0 Å². The van der Waals surface area contributed by atoms with Gasteiger partial charge in [-0.1, -0.05) is 60.7 Å². The van der Waals surface area contributed by atoms with Crippen molar-refractivity contribution in [3.8, 4) is 22.5 Å². The van der Waals surface area contributed by atoms with Gasteiger partial charge in [-0.25, -0.2) is 4.79 Å². The van der Waals surface area contributed by atoms with Crippen LogP contribution < -0.4 is 10.6 Å². The van der Waals surface area contributed by atoms with Gasteiger partial charge in [0, 0.05) is 33.5 Å². The second kappa shape index (κ2) is 11.1. The van der Waals surface area contributed by atoms with Crippen LogP contribution >= 0.6 is 0 Å². The Morgan fingerprint density at radius 3 is 2.02 bits per heavy atom. The van der Waals surface area contributed by atoms with Gasteiger partial charge in [0.05, 0.1) is 5.56 Å². The normalized spacial score (nSPS) is 10.8. The highest BCUT2D eigenvalue weighted by molar-refractivity contribution is 6.13. The number of H-pyrrole nitrogens is 1. The minimum Gasteiger partial charge on any atom is -0.478 e. The average Bonchev–Trinajstić information content (AvgIpc) is 3.57. The summed E-state index contributed by atoms with van der Waals surface area (Å²) in [5, 5.41) is 30.3. The molecular formula is C32H22N6O4. The molecule has 0 bridgehead atoms. The maximum Gasteiger partial charge on any atom is 0.336 e. The van der Waals surface area contributed by atoms with Gasteiger partial charge in [0.25, 0.3) is 11.8 Å². The number of nitrogens with zero attached hydrogens (tertiary/aromatic N) is 3. The molecule has 0 spiro atoms. The Kier molecular flexibility index (Phi) is 6.92. The monoisotopic (exact) mass is 554 g/mol. The van der Waals surface area contributed by atoms with E-state index >= 15 is 0 Å². The molecule has 4 N–H and O–H groups in total. The van der Waals surface area contributed by atoms with Crippen LogP contribution in [-0.2, 0) is 0 Å². The topological polar surface area (TPSA) is 150 Å². The predicted octanol–water partition coefficient (Wildman–Crippen LogP) is 5.89. The number of hydrogen-bond acceptors (Lipinski definition) is 6. The molecule has 0 radical (unpaired) electrons. The van der Waals surface area contributed by atoms with Crippen LogP contribution in [0.2, 0.25) is 0 Å². The lowest BCUT2D eigenvalue weighted by molar-refractivity contribution is 0.0698. The van der Waals surface area contributed by atoms with Gasteiger partial charge in [-0.15, -0.1) is 10.2 Å². The fourth-order valence-corrected chi connectivity index (χ4v) is 4.64. The summed E-state index contributed by atoms with van der Waals surface area (Å²) in [5.74, 6) is -1.20. The largest absolute Gasteiger partial charge is 0.478 e. The lowest BCUT2D eigenvalue weighted by Gasteiger charge is -2.11. The van der Waals surface area contributed by atoms with Gasteiger partial charge in [0.15, 0.2) is 0 Å². The molecule has 204 valence electrons. The van der Waals surface area contributed by atoms with E-state index in [2.05, 4.69) is 31.3 Å². The van der Waals surface area contributed by atoms with Crippen molar-refractivity contribution in [2.24, 2.45) is 0 Å². The standard InChI is InChI=1S/C32H22N6O4/c39-30(34-28-17-16-27(32(41)42)25-6-1-2-7-26(25)28)21-10-8-19(9-11-21)20-12-14-24(15-13-20)33-31(40)23-5-3-4-22(18-23)29-35-37-38-36-29/h1-18H,(H,33,40)(H,34,39)(H,41,42)(H,35,36,37,38). The molecule has 10 nitrogen and oxygen atoms in total. The summed E-state index contributed by atoms with van der Waals surface area (Å²) in [5.41, 5.74) is 4.73. The predicted molar refractivity (Wildman–Crippen MR) is 158 cm³/mol. The molecule has 42 heavy (non-hydrogen) atoms. The molecule has 1 heterocycles. The zero-order valence-electron chi connectivity index (χ0n) is 21.9. The van der Waals surface area contributed by atoms with Crippen molar-refractivity contribution in [2.75, 3.05) is 10.6 Å². The first-order valence-electron chi connectivity index (χ1n) is 12.9. The van der Waals surface area contributed by atoms with E-state index < -0.39 is 5.97 Å². The Labute approximate surface area is 239 Å². The number of tetrazole rings is 1. The van der Waals surface area contributed by atoms with Crippen molar-refractivity contribution < 1.29 is 19.5 Å². The molecule has 6 aromatic rings. The van der Waals surface area contributed by atoms with Crippen LogP contribution in [0.1, 0.15) is 31.1 Å². The minimum atomic E-state index is -1.03. The van der Waals surface area contributed by atoms with Crippen LogP contribution in [-0.4, -0.2) is 43.5 Å². The van der Waals surface area contributed by atoms with Gasteiger partial charge in [-0.05, 0) is 70.3 Å². The molecule has 1 aromatic heterocycles. The van der Waals surface area contributed by atoms with E-state index in [1.165, 1.54) is 6.07 Å². The lowest BCUT2D eigenvalue weighted by Crippen LogP contribution is -2.12. The zero-order chi connectivity index (χ0) is 29.1. The van der Waals surface area contributed by atoms with E-state index in [0.29, 0.717) is 44.7 Å². The highest BCUT2D eigenvalue weighted by atomic mass is 16.4. The maximum atomic E-state index is 13.0. The van der Waals surface area contributed by atoms with Crippen molar-refractivity contribution in [3.63, 3.8) is 0 Å². The molecular weight excluding hydrogens is 532 g/mol. The number of carboxylic acids is 1. The lowest BCUT2D eigenvalue weighted by atomic mass is 10.0. The molecule has 0 fully saturated rings. The van der Waals surface area contributed by atoms with E-state index in [1.807, 2.05) is 36.4 Å². The number of carbonyl (C=O) groups excluding carboxylic acids is 2. The van der Waals surface area contributed by atoms with Gasteiger partial charge in [-0.2, -0.15) is 5.21 Å². The Morgan fingerprint density at radius 1 is 0.643 bits per heavy atom. The number of fused-ring (bicyclic) bond motifs is 1. The van der Waals surface area contributed by atoms with Crippen LogP contribution in [0.25, 0.3) is 33.3 Å². The number of carbonyl (C=O) groups is 3. The SMILES string of the molecule is O=C(Nc1ccc(-c2ccc(C(=O)Nc3ccc(C(=O)O)c4ccccc34)cc2)cc1)c1cccc(-c2nn[nH]n2)c1. The molecule has 0 aliphatic carbocycles. The second-order valence-corrected chi connectivity index (χ2v) is 9.39. The Morgan fingerprint density at radius 2 is 1.33 bits per heavy atom. The van der Waals surface area contributed by atoms with Crippen molar-refractivity contribution >= 4 is 39.9 Å². The number of nitrogens with one attached hydrogen (secondary N) is 3. The van der Waals surface area contributed by atoms with Gasteiger partial charge in [-0.3, -0.25) is 9.59 Å². The molecule has 5 aromatic carbocycles. The molecule has 6 rings (SSSR count). The Bertz CT molecular complexity index is 1940. The number of benzene rings is 5. The number of aromatic nitrogens is 4. The Hall–Kier alpha value is -6.16. The van der Waals surface area contributed by atoms with Gasteiger partial charge < -0.3 is 15.7 Å². The molecule has 0 saturated carbocycles. The minimum absolute atomic E-state index is 0.174. The Balaban J connectivity index is 1.13. The van der Waals surface area contributed by atoms with E-state index in [1.54, 1.807) is 66.7 Å². The summed E-state index contributed by atoms with van der Waals surface area (Å²) in [6, 6.07) is 31.6. The van der Waals surface area contributed by atoms with Gasteiger partial charge in [0.2, 0.25) is 5.82 Å². The van der Waals surface area contributed by atoms with Crippen molar-refractivity contribution in [3.05, 3.63) is 126 Å². The van der Waals surface area contributed by atoms with E-state index in [0.717, 1.165) is 11.1 Å². The first-order valence-corrected chi connectivity index (χ1v) is 12.9. The van der Waals surface area contributed by atoms with Crippen molar-refractivity contribution in [2.45, 2.75) is 0 Å². The highest BCUT2D eigenvalue weighted by Gasteiger charge is 2.14. The van der Waals surface area contributed by atoms with Crippen LogP contribution in [0.15, 0.2) is 109 Å². The number of anilines is 2. The highest BCUT2D eigenvalue weighted by Crippen LogP contribution is 2.28. The fourth-order valence-electron chi connectivity index (χ4n) is 4.64. The molecule has 0 aliphatic rings. The fraction of sp³-hybridized carbons (Fsp3) is 0. The van der Waals surface area contributed by atoms with E-state index in [9.17, 15) is 19.5 Å². The summed E-state index contributed by atoms with van der Waals surface area (Å²) in [4.78, 5) is 37.4. The molecule has 0 saturated heterocycles. The summed E-state index contributed by atoms with van der Waals surface area (Å²) < 4.78 is 0. The molecule has 0 unspecified atom stereocenters. The van der Waals surface area contributed by atoms with Crippen LogP contribution in [0.5, 0.6) is 0 Å². The average molecular weight is 555 g/mol. The second-order valence-electron chi connectivity index (χ2n) is 9.39. The third kappa shape index (κ3) is 5.32. The quantitative estimate of drug-likeness (QED) is 0.192. The number of amides is 2. The number of rotatable bonds is 7. The number of aromatic amines is 1. The summed E-state index contributed by atoms with van der Waals surface area (Å²) in [7, 11) is 0. The smallest absolute Gasteiger partial charge is 0.336 e.